The van der Waals surface area contributed by atoms with E-state index < -0.39 is 6.10 Å². The number of carbonyl (C=O) groups excluding carboxylic acids is 1. The first-order valence-electron chi connectivity index (χ1n) is 8.87. The zero-order chi connectivity index (χ0) is 17.3. The monoisotopic (exact) mass is 328 g/mol. The standard InChI is InChI=1S/C20H28N2O2/c1-5-6-11-24-15(3)20(23)22-18-8-7-14(2)12-16(18)17-13-21(4)10-9-19(17)22/h5,7-8,12,15,17,19H,1,6,9-11,13H2,2-4H3. The van der Waals surface area contributed by atoms with Gasteiger partial charge in [-0.2, -0.15) is 0 Å². The Labute approximate surface area is 145 Å². The van der Waals surface area contributed by atoms with Crippen LogP contribution in [0.5, 0.6) is 0 Å². The number of hydrogen-bond acceptors (Lipinski definition) is 3. The summed E-state index contributed by atoms with van der Waals surface area (Å²) in [5.41, 5.74) is 3.65. The lowest BCUT2D eigenvalue weighted by Crippen LogP contribution is -2.49. The molecule has 0 bridgehead atoms. The van der Waals surface area contributed by atoms with Gasteiger partial charge in [0.2, 0.25) is 0 Å². The quantitative estimate of drug-likeness (QED) is 0.615. The Bertz CT molecular complexity index is 628. The van der Waals surface area contributed by atoms with Gasteiger partial charge < -0.3 is 14.5 Å². The van der Waals surface area contributed by atoms with Crippen LogP contribution in [0.3, 0.4) is 0 Å². The summed E-state index contributed by atoms with van der Waals surface area (Å²) in [5, 5.41) is 0. The van der Waals surface area contributed by atoms with Crippen molar-refractivity contribution in [2.75, 3.05) is 31.6 Å². The van der Waals surface area contributed by atoms with Gasteiger partial charge in [-0.3, -0.25) is 4.79 Å². The van der Waals surface area contributed by atoms with Crippen molar-refractivity contribution in [3.05, 3.63) is 42.0 Å². The fourth-order valence-electron chi connectivity index (χ4n) is 3.96. The lowest BCUT2D eigenvalue weighted by Gasteiger charge is -2.37. The van der Waals surface area contributed by atoms with Gasteiger partial charge in [0.15, 0.2) is 0 Å². The van der Waals surface area contributed by atoms with Gasteiger partial charge in [-0.15, -0.1) is 6.58 Å². The Morgan fingerprint density at radius 1 is 1.50 bits per heavy atom. The molecule has 3 atom stereocenters. The SMILES string of the molecule is C=CCCOC(C)C(=O)N1c2ccc(C)cc2C2CN(C)CCC21. The molecule has 1 aromatic rings. The van der Waals surface area contributed by atoms with Crippen LogP contribution < -0.4 is 4.90 Å². The van der Waals surface area contributed by atoms with Gasteiger partial charge in [0.25, 0.3) is 5.91 Å². The van der Waals surface area contributed by atoms with Crippen LogP contribution in [0, 0.1) is 6.92 Å². The molecule has 0 radical (unpaired) electrons. The predicted molar refractivity (Wildman–Crippen MR) is 97.5 cm³/mol. The molecule has 24 heavy (non-hydrogen) atoms. The summed E-state index contributed by atoms with van der Waals surface area (Å²) in [6, 6.07) is 6.72. The smallest absolute Gasteiger partial charge is 0.256 e. The molecule has 2 aliphatic heterocycles. The molecule has 0 N–H and O–H groups in total. The number of aryl methyl sites for hydroxylation is 1. The minimum atomic E-state index is -0.419. The van der Waals surface area contributed by atoms with Crippen molar-refractivity contribution in [1.82, 2.24) is 4.90 Å². The summed E-state index contributed by atoms with van der Waals surface area (Å²) in [5.74, 6) is 0.490. The molecule has 0 spiro atoms. The van der Waals surface area contributed by atoms with Crippen LogP contribution in [0.4, 0.5) is 5.69 Å². The van der Waals surface area contributed by atoms with Crippen LogP contribution in [0.2, 0.25) is 0 Å². The zero-order valence-electron chi connectivity index (χ0n) is 15.0. The molecule has 3 rings (SSSR count). The van der Waals surface area contributed by atoms with E-state index in [9.17, 15) is 4.79 Å². The fraction of sp³-hybridized carbons (Fsp3) is 0.550. The first-order valence-corrected chi connectivity index (χ1v) is 8.87. The van der Waals surface area contributed by atoms with Crippen LogP contribution in [0.1, 0.15) is 36.8 Å². The van der Waals surface area contributed by atoms with Crippen LogP contribution in [-0.2, 0) is 9.53 Å². The van der Waals surface area contributed by atoms with E-state index in [-0.39, 0.29) is 11.9 Å². The van der Waals surface area contributed by atoms with E-state index in [1.165, 1.54) is 11.1 Å². The van der Waals surface area contributed by atoms with E-state index in [1.54, 1.807) is 0 Å². The van der Waals surface area contributed by atoms with Gasteiger partial charge >= 0.3 is 0 Å². The molecule has 1 saturated heterocycles. The summed E-state index contributed by atoms with van der Waals surface area (Å²) in [7, 11) is 2.16. The maximum absolute atomic E-state index is 13.1. The highest BCUT2D eigenvalue weighted by Crippen LogP contribution is 2.45. The molecule has 0 aromatic heterocycles. The largest absolute Gasteiger partial charge is 0.368 e. The van der Waals surface area contributed by atoms with E-state index in [0.717, 1.165) is 31.6 Å². The maximum atomic E-state index is 13.1. The number of likely N-dealkylation sites (tertiary alicyclic amines) is 1. The highest BCUT2D eigenvalue weighted by molar-refractivity contribution is 5.99. The van der Waals surface area contributed by atoms with E-state index in [2.05, 4.69) is 43.6 Å². The molecule has 4 nitrogen and oxygen atoms in total. The highest BCUT2D eigenvalue weighted by Gasteiger charge is 2.44. The van der Waals surface area contributed by atoms with Crippen LogP contribution in [-0.4, -0.2) is 49.7 Å². The number of ether oxygens (including phenoxy) is 1. The number of anilines is 1. The van der Waals surface area contributed by atoms with Gasteiger partial charge in [0.1, 0.15) is 6.10 Å². The van der Waals surface area contributed by atoms with Gasteiger partial charge in [0, 0.05) is 24.2 Å². The van der Waals surface area contributed by atoms with Crippen LogP contribution in [0.25, 0.3) is 0 Å². The Hall–Kier alpha value is -1.65. The normalized spacial score (nSPS) is 24.4. The molecule has 3 unspecified atom stereocenters. The van der Waals surface area contributed by atoms with Gasteiger partial charge in [-0.05, 0) is 51.9 Å². The molecule has 130 valence electrons. The van der Waals surface area contributed by atoms with Crippen molar-refractivity contribution in [2.24, 2.45) is 0 Å². The second-order valence-corrected chi connectivity index (χ2v) is 7.09. The van der Waals surface area contributed by atoms with Gasteiger partial charge in [-0.25, -0.2) is 0 Å². The van der Waals surface area contributed by atoms with Crippen LogP contribution in [0.15, 0.2) is 30.9 Å². The number of amides is 1. The van der Waals surface area contributed by atoms with Crippen molar-refractivity contribution < 1.29 is 9.53 Å². The zero-order valence-corrected chi connectivity index (χ0v) is 15.0. The fourth-order valence-corrected chi connectivity index (χ4v) is 3.96. The summed E-state index contributed by atoms with van der Waals surface area (Å²) in [4.78, 5) is 17.5. The average molecular weight is 328 g/mol. The molecule has 1 fully saturated rings. The first-order chi connectivity index (χ1) is 11.5. The number of rotatable bonds is 5. The Morgan fingerprint density at radius 3 is 3.04 bits per heavy atom. The lowest BCUT2D eigenvalue weighted by atomic mass is 9.89. The number of hydrogen-bond donors (Lipinski definition) is 0. The van der Waals surface area contributed by atoms with E-state index in [4.69, 9.17) is 4.74 Å². The number of benzene rings is 1. The maximum Gasteiger partial charge on any atom is 0.256 e. The molecule has 1 amide bonds. The molecule has 2 heterocycles. The number of likely N-dealkylation sites (N-methyl/N-ethyl adjacent to an activating group) is 1. The highest BCUT2D eigenvalue weighted by atomic mass is 16.5. The number of fused-ring (bicyclic) bond motifs is 3. The Kier molecular flexibility index (Phi) is 5.07. The molecule has 0 saturated carbocycles. The summed E-state index contributed by atoms with van der Waals surface area (Å²) >= 11 is 0. The molecular weight excluding hydrogens is 300 g/mol. The minimum Gasteiger partial charge on any atom is -0.368 e. The van der Waals surface area contributed by atoms with Crippen molar-refractivity contribution in [3.8, 4) is 0 Å². The second kappa shape index (κ2) is 7.08. The molecule has 1 aromatic carbocycles. The summed E-state index contributed by atoms with van der Waals surface area (Å²) < 4.78 is 5.72. The number of carbonyl (C=O) groups is 1. The van der Waals surface area contributed by atoms with E-state index >= 15 is 0 Å². The van der Waals surface area contributed by atoms with Crippen molar-refractivity contribution in [3.63, 3.8) is 0 Å². The second-order valence-electron chi connectivity index (χ2n) is 7.09. The first kappa shape index (κ1) is 17.2. The van der Waals surface area contributed by atoms with Crippen molar-refractivity contribution in [2.45, 2.75) is 44.8 Å². The topological polar surface area (TPSA) is 32.8 Å². The molecule has 4 heteroatoms. The third kappa shape index (κ3) is 3.13. The van der Waals surface area contributed by atoms with Gasteiger partial charge in [-0.1, -0.05) is 23.8 Å². The van der Waals surface area contributed by atoms with Crippen molar-refractivity contribution >= 4 is 11.6 Å². The summed E-state index contributed by atoms with van der Waals surface area (Å²) in [6.45, 7) is 10.3. The van der Waals surface area contributed by atoms with Crippen LogP contribution >= 0.6 is 0 Å². The molecule has 2 aliphatic rings. The van der Waals surface area contributed by atoms with Crippen molar-refractivity contribution in [1.29, 1.82) is 0 Å². The molecular formula is C20H28N2O2. The predicted octanol–water partition coefficient (Wildman–Crippen LogP) is 3.11. The Balaban J connectivity index is 1.87. The summed E-state index contributed by atoms with van der Waals surface area (Å²) in [6.07, 6.45) is 3.18. The van der Waals surface area contributed by atoms with E-state index in [1.807, 2.05) is 17.9 Å². The average Bonchev–Trinajstić information content (AvgIpc) is 2.87. The lowest BCUT2D eigenvalue weighted by molar-refractivity contribution is -0.129. The third-order valence-electron chi connectivity index (χ3n) is 5.23. The van der Waals surface area contributed by atoms with Gasteiger partial charge in [0.05, 0.1) is 6.61 Å². The number of piperidine rings is 1. The molecule has 0 aliphatic carbocycles. The minimum absolute atomic E-state index is 0.0845. The third-order valence-corrected chi connectivity index (χ3v) is 5.23. The Morgan fingerprint density at radius 2 is 2.29 bits per heavy atom. The van der Waals surface area contributed by atoms with E-state index in [0.29, 0.717) is 12.5 Å². The number of nitrogens with zero attached hydrogens (tertiary/aromatic N) is 2.